The third-order valence-electron chi connectivity index (χ3n) is 5.26. The number of nitrogens with zero attached hydrogens (tertiary/aromatic N) is 2. The molecule has 0 saturated carbocycles. The topological polar surface area (TPSA) is 97.9 Å². The zero-order chi connectivity index (χ0) is 22.4. The first kappa shape index (κ1) is 22.2. The summed E-state index contributed by atoms with van der Waals surface area (Å²) in [6, 6.07) is 1.85. The zero-order valence-electron chi connectivity index (χ0n) is 18.5. The summed E-state index contributed by atoms with van der Waals surface area (Å²) < 4.78 is 13.6. The predicted octanol–water partition coefficient (Wildman–Crippen LogP) is 4.50. The first-order chi connectivity index (χ1) is 14.0. The highest BCUT2D eigenvalue weighted by Crippen LogP contribution is 2.51. The van der Waals surface area contributed by atoms with Gasteiger partial charge in [-0.05, 0) is 51.8 Å². The van der Waals surface area contributed by atoms with E-state index in [0.717, 1.165) is 39.4 Å². The average molecular weight is 432 g/mol. The molecular weight excluding hydrogens is 402 g/mol. The number of carboxylic acid groups (broad SMARTS) is 1. The molecule has 0 aliphatic carbocycles. The maximum absolute atomic E-state index is 12.2. The highest BCUT2D eigenvalue weighted by atomic mass is 32.2. The lowest BCUT2D eigenvalue weighted by Crippen LogP contribution is -2.30. The average Bonchev–Trinajstić information content (AvgIpc) is 2.68. The number of pyridine rings is 1. The number of hydrogen-bond donors (Lipinski definition) is 2. The summed E-state index contributed by atoms with van der Waals surface area (Å²) in [6.45, 7) is 9.89. The number of methoxy groups -OCH3 is 1. The van der Waals surface area contributed by atoms with E-state index in [-0.39, 0.29) is 0 Å². The number of carboxylic acids is 1. The van der Waals surface area contributed by atoms with Crippen LogP contribution in [0, 0.1) is 13.8 Å². The van der Waals surface area contributed by atoms with Crippen molar-refractivity contribution >= 4 is 29.3 Å². The van der Waals surface area contributed by atoms with E-state index in [0.29, 0.717) is 17.8 Å². The summed E-state index contributed by atoms with van der Waals surface area (Å²) >= 11 is 1.56. The van der Waals surface area contributed by atoms with Gasteiger partial charge in [0.1, 0.15) is 5.75 Å². The lowest BCUT2D eigenvalue weighted by atomic mass is 9.86. The van der Waals surface area contributed by atoms with Crippen LogP contribution in [0.4, 0.5) is 11.4 Å². The van der Waals surface area contributed by atoms with Crippen LogP contribution in [0.5, 0.6) is 5.75 Å². The van der Waals surface area contributed by atoms with E-state index in [1.807, 2.05) is 46.9 Å². The number of hydrogen-bond acceptors (Lipinski definition) is 7. The Hall–Kier alpha value is -2.45. The van der Waals surface area contributed by atoms with Crippen molar-refractivity contribution in [1.29, 1.82) is 0 Å². The van der Waals surface area contributed by atoms with Gasteiger partial charge in [-0.2, -0.15) is 0 Å². The Morgan fingerprint density at radius 3 is 2.53 bits per heavy atom. The summed E-state index contributed by atoms with van der Waals surface area (Å²) in [6.07, 6.45) is 2.54. The SMILES string of the molecule is COc1ccnc2c1CN(SC)c1c(C)c(C(OC(C)(C)C)C(=O)O)c(N)c(C)c1-2. The molecule has 0 saturated heterocycles. The van der Waals surface area contributed by atoms with Gasteiger partial charge in [0.25, 0.3) is 0 Å². The second-order valence-corrected chi connectivity index (χ2v) is 9.11. The van der Waals surface area contributed by atoms with Gasteiger partial charge < -0.3 is 24.6 Å². The third-order valence-corrected chi connectivity index (χ3v) is 6.02. The number of nitrogen functional groups attached to an aromatic ring is 1. The maximum Gasteiger partial charge on any atom is 0.337 e. The molecule has 1 unspecified atom stereocenters. The molecule has 2 aromatic rings. The fraction of sp³-hybridized carbons (Fsp3) is 0.455. The summed E-state index contributed by atoms with van der Waals surface area (Å²) in [5.41, 5.74) is 12.0. The molecule has 0 spiro atoms. The van der Waals surface area contributed by atoms with Crippen LogP contribution in [-0.2, 0) is 16.1 Å². The van der Waals surface area contributed by atoms with Crippen LogP contribution >= 0.6 is 11.9 Å². The Kier molecular flexibility index (Phi) is 5.93. The lowest BCUT2D eigenvalue weighted by molar-refractivity contribution is -0.160. The van der Waals surface area contributed by atoms with Gasteiger partial charge in [0.15, 0.2) is 6.10 Å². The first-order valence-corrected chi connectivity index (χ1v) is 10.9. The number of benzene rings is 1. The molecule has 0 fully saturated rings. The Morgan fingerprint density at radius 2 is 2.00 bits per heavy atom. The Morgan fingerprint density at radius 1 is 1.33 bits per heavy atom. The van der Waals surface area contributed by atoms with Gasteiger partial charge in [-0.15, -0.1) is 0 Å². The van der Waals surface area contributed by atoms with Crippen LogP contribution in [-0.4, -0.2) is 35.0 Å². The predicted molar refractivity (Wildman–Crippen MR) is 121 cm³/mol. The monoisotopic (exact) mass is 431 g/mol. The number of nitrogens with two attached hydrogens (primary N) is 1. The smallest absolute Gasteiger partial charge is 0.337 e. The summed E-state index contributed by atoms with van der Waals surface area (Å²) in [4.78, 5) is 16.8. The molecule has 7 nitrogen and oxygen atoms in total. The Bertz CT molecular complexity index is 1000. The molecule has 0 amide bonds. The molecule has 1 aromatic carbocycles. The van der Waals surface area contributed by atoms with Crippen molar-refractivity contribution in [2.24, 2.45) is 0 Å². The van der Waals surface area contributed by atoms with E-state index in [4.69, 9.17) is 15.2 Å². The lowest BCUT2D eigenvalue weighted by Gasteiger charge is -2.36. The van der Waals surface area contributed by atoms with Gasteiger partial charge in [-0.3, -0.25) is 4.98 Å². The van der Waals surface area contributed by atoms with Gasteiger partial charge in [-0.25, -0.2) is 4.79 Å². The number of anilines is 2. The van der Waals surface area contributed by atoms with E-state index < -0.39 is 17.7 Å². The molecule has 3 N–H and O–H groups in total. The molecule has 0 radical (unpaired) electrons. The summed E-state index contributed by atoms with van der Waals surface area (Å²) in [5, 5.41) is 9.95. The second-order valence-electron chi connectivity index (χ2n) is 8.31. The molecule has 162 valence electrons. The van der Waals surface area contributed by atoms with Gasteiger partial charge in [0, 0.05) is 34.8 Å². The number of aromatic nitrogens is 1. The van der Waals surface area contributed by atoms with E-state index in [9.17, 15) is 9.90 Å². The van der Waals surface area contributed by atoms with Gasteiger partial charge in [0.05, 0.1) is 30.6 Å². The normalized spacial score (nSPS) is 14.2. The van der Waals surface area contributed by atoms with E-state index in [1.165, 1.54) is 0 Å². The molecular formula is C22H29N3O4S. The van der Waals surface area contributed by atoms with Crippen molar-refractivity contribution < 1.29 is 19.4 Å². The van der Waals surface area contributed by atoms with Gasteiger partial charge >= 0.3 is 5.97 Å². The minimum Gasteiger partial charge on any atom is -0.496 e. The van der Waals surface area contributed by atoms with E-state index in [2.05, 4.69) is 9.29 Å². The largest absolute Gasteiger partial charge is 0.496 e. The number of rotatable bonds is 5. The molecule has 1 aromatic heterocycles. The van der Waals surface area contributed by atoms with Crippen LogP contribution in [0.15, 0.2) is 12.3 Å². The summed E-state index contributed by atoms with van der Waals surface area (Å²) in [7, 11) is 1.64. The number of ether oxygens (including phenoxy) is 2. The quantitative estimate of drug-likeness (QED) is 0.528. The highest BCUT2D eigenvalue weighted by Gasteiger charge is 2.36. The van der Waals surface area contributed by atoms with Crippen LogP contribution in [0.25, 0.3) is 11.3 Å². The van der Waals surface area contributed by atoms with Crippen LogP contribution in [0.1, 0.15) is 49.1 Å². The number of fused-ring (bicyclic) bond motifs is 3. The standard InChI is InChI=1S/C22H29N3O4S/c1-11-16-18-13(14(28-6)8-9-24-18)10-25(30-7)19(16)12(2)15(17(11)23)20(21(26)27)29-22(3,4)5/h8-9,20H,10,23H2,1-7H3,(H,26,27). The zero-order valence-corrected chi connectivity index (χ0v) is 19.3. The first-order valence-electron chi connectivity index (χ1n) is 9.68. The summed E-state index contributed by atoms with van der Waals surface area (Å²) in [5.74, 6) is -0.297. The third kappa shape index (κ3) is 3.70. The van der Waals surface area contributed by atoms with Crippen LogP contribution in [0.2, 0.25) is 0 Å². The highest BCUT2D eigenvalue weighted by molar-refractivity contribution is 7.99. The molecule has 3 rings (SSSR count). The molecule has 0 bridgehead atoms. The second kappa shape index (κ2) is 8.00. The van der Waals surface area contributed by atoms with Crippen molar-refractivity contribution in [2.75, 3.05) is 23.4 Å². The number of carbonyl (C=O) groups is 1. The van der Waals surface area contributed by atoms with Crippen molar-refractivity contribution in [3.05, 3.63) is 34.5 Å². The maximum atomic E-state index is 12.2. The van der Waals surface area contributed by atoms with Crippen LogP contribution < -0.4 is 14.8 Å². The van der Waals surface area contributed by atoms with Gasteiger partial charge in [0.2, 0.25) is 0 Å². The fourth-order valence-corrected chi connectivity index (χ4v) is 4.64. The Labute approximate surface area is 181 Å². The molecule has 1 aliphatic rings. The van der Waals surface area contributed by atoms with Crippen molar-refractivity contribution in [2.45, 2.75) is 52.9 Å². The van der Waals surface area contributed by atoms with Crippen molar-refractivity contribution in [3.8, 4) is 17.0 Å². The van der Waals surface area contributed by atoms with Gasteiger partial charge in [-0.1, -0.05) is 11.9 Å². The van der Waals surface area contributed by atoms with E-state index >= 15 is 0 Å². The molecule has 1 atom stereocenters. The van der Waals surface area contributed by atoms with E-state index in [1.54, 1.807) is 25.3 Å². The molecule has 8 heteroatoms. The molecule has 1 aliphatic heterocycles. The fourth-order valence-electron chi connectivity index (χ4n) is 3.97. The van der Waals surface area contributed by atoms with Crippen molar-refractivity contribution in [3.63, 3.8) is 0 Å². The molecule has 30 heavy (non-hydrogen) atoms. The van der Waals surface area contributed by atoms with Crippen LogP contribution in [0.3, 0.4) is 0 Å². The minimum absolute atomic E-state index is 0.418. The van der Waals surface area contributed by atoms with Crippen molar-refractivity contribution in [1.82, 2.24) is 4.98 Å². The Balaban J connectivity index is 2.35. The number of aliphatic carboxylic acids is 1. The minimum atomic E-state index is -1.17. The molecule has 2 heterocycles.